The standard InChI is InChI=1S/C21H29N3O2/c25-19(9-8-18-7-1-2-12-22-18)24-14-11-21(16-24)10-4-13-23(20(21)26)15-17-5-3-6-17/h1-2,7,12,17H,3-6,8-11,13-16H2/t21-/m0/s1. The highest BCUT2D eigenvalue weighted by molar-refractivity contribution is 5.86. The van der Waals surface area contributed by atoms with Crippen LogP contribution in [0.15, 0.2) is 24.4 Å². The Bertz CT molecular complexity index is 658. The second-order valence-electron chi connectivity index (χ2n) is 8.32. The molecule has 26 heavy (non-hydrogen) atoms. The molecule has 1 aromatic rings. The van der Waals surface area contributed by atoms with Crippen molar-refractivity contribution in [3.05, 3.63) is 30.1 Å². The Kier molecular flexibility index (Phi) is 4.96. The zero-order chi connectivity index (χ0) is 18.0. The third-order valence-corrected chi connectivity index (χ3v) is 6.56. The first kappa shape index (κ1) is 17.5. The molecule has 1 spiro atoms. The average Bonchev–Trinajstić information content (AvgIpc) is 3.06. The maximum Gasteiger partial charge on any atom is 0.230 e. The molecule has 0 bridgehead atoms. The quantitative estimate of drug-likeness (QED) is 0.816. The van der Waals surface area contributed by atoms with Crippen LogP contribution in [0.4, 0.5) is 0 Å². The molecule has 1 aromatic heterocycles. The first-order chi connectivity index (χ1) is 12.7. The fraction of sp³-hybridized carbons (Fsp3) is 0.667. The summed E-state index contributed by atoms with van der Waals surface area (Å²) in [5.74, 6) is 1.19. The highest BCUT2D eigenvalue weighted by Gasteiger charge is 2.49. The van der Waals surface area contributed by atoms with Gasteiger partial charge in [-0.3, -0.25) is 14.6 Å². The number of carbonyl (C=O) groups is 2. The predicted molar refractivity (Wildman–Crippen MR) is 99.3 cm³/mol. The number of pyridine rings is 1. The van der Waals surface area contributed by atoms with Crippen molar-refractivity contribution in [1.82, 2.24) is 14.8 Å². The van der Waals surface area contributed by atoms with Gasteiger partial charge in [0.25, 0.3) is 0 Å². The van der Waals surface area contributed by atoms with Crippen LogP contribution in [0.5, 0.6) is 0 Å². The topological polar surface area (TPSA) is 53.5 Å². The molecule has 0 aromatic carbocycles. The Morgan fingerprint density at radius 3 is 2.81 bits per heavy atom. The van der Waals surface area contributed by atoms with Gasteiger partial charge >= 0.3 is 0 Å². The summed E-state index contributed by atoms with van der Waals surface area (Å²) >= 11 is 0. The summed E-state index contributed by atoms with van der Waals surface area (Å²) in [5, 5.41) is 0. The monoisotopic (exact) mass is 355 g/mol. The Labute approximate surface area is 155 Å². The molecule has 1 aliphatic carbocycles. The van der Waals surface area contributed by atoms with Gasteiger partial charge in [-0.1, -0.05) is 12.5 Å². The minimum atomic E-state index is -0.303. The van der Waals surface area contributed by atoms with Crippen LogP contribution in [0.3, 0.4) is 0 Å². The number of amides is 2. The van der Waals surface area contributed by atoms with Crippen molar-refractivity contribution in [2.45, 2.75) is 51.4 Å². The van der Waals surface area contributed by atoms with E-state index < -0.39 is 0 Å². The largest absolute Gasteiger partial charge is 0.342 e. The molecule has 0 radical (unpaired) electrons. The molecule has 5 nitrogen and oxygen atoms in total. The van der Waals surface area contributed by atoms with E-state index in [9.17, 15) is 9.59 Å². The van der Waals surface area contributed by atoms with Gasteiger partial charge in [0.15, 0.2) is 0 Å². The van der Waals surface area contributed by atoms with Crippen molar-refractivity contribution in [2.75, 3.05) is 26.2 Å². The lowest BCUT2D eigenvalue weighted by atomic mass is 9.77. The van der Waals surface area contributed by atoms with Gasteiger partial charge in [-0.05, 0) is 56.6 Å². The lowest BCUT2D eigenvalue weighted by molar-refractivity contribution is -0.147. The van der Waals surface area contributed by atoms with Gasteiger partial charge in [0.1, 0.15) is 0 Å². The molecule has 5 heteroatoms. The van der Waals surface area contributed by atoms with Crippen LogP contribution >= 0.6 is 0 Å². The van der Waals surface area contributed by atoms with Crippen LogP contribution in [-0.4, -0.2) is 52.8 Å². The van der Waals surface area contributed by atoms with Gasteiger partial charge in [0.05, 0.1) is 5.41 Å². The highest BCUT2D eigenvalue weighted by atomic mass is 16.2. The van der Waals surface area contributed by atoms with Crippen molar-refractivity contribution >= 4 is 11.8 Å². The molecule has 3 heterocycles. The Hall–Kier alpha value is -1.91. The number of aryl methyl sites for hydroxylation is 1. The molecule has 2 amide bonds. The average molecular weight is 355 g/mol. The summed E-state index contributed by atoms with van der Waals surface area (Å²) < 4.78 is 0. The van der Waals surface area contributed by atoms with Crippen LogP contribution in [-0.2, 0) is 16.0 Å². The van der Waals surface area contributed by atoms with E-state index in [2.05, 4.69) is 9.88 Å². The zero-order valence-electron chi connectivity index (χ0n) is 15.5. The van der Waals surface area contributed by atoms with Crippen molar-refractivity contribution in [1.29, 1.82) is 0 Å². The van der Waals surface area contributed by atoms with E-state index in [1.54, 1.807) is 6.20 Å². The summed E-state index contributed by atoms with van der Waals surface area (Å²) in [5.41, 5.74) is 0.651. The molecular formula is C21H29N3O2. The predicted octanol–water partition coefficient (Wildman–Crippen LogP) is 2.66. The molecule has 0 unspecified atom stereocenters. The lowest BCUT2D eigenvalue weighted by Gasteiger charge is -2.42. The molecule has 2 saturated heterocycles. The molecule has 3 aliphatic rings. The van der Waals surface area contributed by atoms with Crippen LogP contribution in [0.1, 0.15) is 50.6 Å². The van der Waals surface area contributed by atoms with Crippen LogP contribution in [0.25, 0.3) is 0 Å². The van der Waals surface area contributed by atoms with Gasteiger partial charge in [0.2, 0.25) is 11.8 Å². The maximum atomic E-state index is 13.2. The van der Waals surface area contributed by atoms with Crippen molar-refractivity contribution in [2.24, 2.45) is 11.3 Å². The molecule has 140 valence electrons. The smallest absolute Gasteiger partial charge is 0.230 e. The van der Waals surface area contributed by atoms with Crippen molar-refractivity contribution in [3.8, 4) is 0 Å². The van der Waals surface area contributed by atoms with Crippen molar-refractivity contribution < 1.29 is 9.59 Å². The number of rotatable bonds is 5. The molecular weight excluding hydrogens is 326 g/mol. The molecule has 3 fully saturated rings. The van der Waals surface area contributed by atoms with Crippen LogP contribution in [0, 0.1) is 11.3 Å². The Morgan fingerprint density at radius 2 is 2.08 bits per heavy atom. The number of piperidine rings is 1. The van der Waals surface area contributed by atoms with E-state index in [1.165, 1.54) is 19.3 Å². The van der Waals surface area contributed by atoms with Gasteiger partial charge in [-0.2, -0.15) is 0 Å². The third-order valence-electron chi connectivity index (χ3n) is 6.56. The Balaban J connectivity index is 1.34. The SMILES string of the molecule is O=C(CCc1ccccn1)N1CC[C@@]2(CCCN(CC3CCC3)C2=O)C1. The van der Waals surface area contributed by atoms with E-state index in [0.29, 0.717) is 31.2 Å². The van der Waals surface area contributed by atoms with Crippen LogP contribution in [0.2, 0.25) is 0 Å². The number of carbonyl (C=O) groups excluding carboxylic acids is 2. The fourth-order valence-corrected chi connectivity index (χ4v) is 4.72. The fourth-order valence-electron chi connectivity index (χ4n) is 4.72. The second-order valence-corrected chi connectivity index (χ2v) is 8.32. The van der Waals surface area contributed by atoms with E-state index in [0.717, 1.165) is 44.6 Å². The summed E-state index contributed by atoms with van der Waals surface area (Å²) in [7, 11) is 0. The summed E-state index contributed by atoms with van der Waals surface area (Å²) in [4.78, 5) is 34.1. The highest BCUT2D eigenvalue weighted by Crippen LogP contribution is 2.41. The molecule has 2 aliphatic heterocycles. The Morgan fingerprint density at radius 1 is 1.19 bits per heavy atom. The number of likely N-dealkylation sites (tertiary alicyclic amines) is 2. The summed E-state index contributed by atoms with van der Waals surface area (Å²) in [6.45, 7) is 3.19. The molecule has 0 N–H and O–H groups in total. The lowest BCUT2D eigenvalue weighted by Crippen LogP contribution is -2.52. The zero-order valence-corrected chi connectivity index (χ0v) is 15.5. The second kappa shape index (κ2) is 7.37. The first-order valence-electron chi connectivity index (χ1n) is 10.1. The molecule has 1 atom stereocenters. The van der Waals surface area contributed by atoms with Gasteiger partial charge in [0, 0.05) is 44.5 Å². The molecule has 1 saturated carbocycles. The van der Waals surface area contributed by atoms with Crippen LogP contribution < -0.4 is 0 Å². The number of nitrogens with zero attached hydrogens (tertiary/aromatic N) is 3. The first-order valence-corrected chi connectivity index (χ1v) is 10.1. The normalized spacial score (nSPS) is 26.4. The third kappa shape index (κ3) is 3.49. The molecule has 4 rings (SSSR count). The minimum absolute atomic E-state index is 0.163. The summed E-state index contributed by atoms with van der Waals surface area (Å²) in [6, 6.07) is 5.80. The number of aromatic nitrogens is 1. The summed E-state index contributed by atoms with van der Waals surface area (Å²) in [6.07, 6.45) is 9.63. The van der Waals surface area contributed by atoms with Crippen molar-refractivity contribution in [3.63, 3.8) is 0 Å². The minimum Gasteiger partial charge on any atom is -0.342 e. The van der Waals surface area contributed by atoms with Gasteiger partial charge in [-0.25, -0.2) is 0 Å². The van der Waals surface area contributed by atoms with Gasteiger partial charge in [-0.15, -0.1) is 0 Å². The maximum absolute atomic E-state index is 13.2. The number of hydrogen-bond acceptors (Lipinski definition) is 3. The van der Waals surface area contributed by atoms with E-state index >= 15 is 0 Å². The number of hydrogen-bond donors (Lipinski definition) is 0. The van der Waals surface area contributed by atoms with E-state index in [-0.39, 0.29) is 11.3 Å². The van der Waals surface area contributed by atoms with E-state index in [4.69, 9.17) is 0 Å². The van der Waals surface area contributed by atoms with Gasteiger partial charge < -0.3 is 9.80 Å². The van der Waals surface area contributed by atoms with E-state index in [1.807, 2.05) is 23.1 Å².